The van der Waals surface area contributed by atoms with Gasteiger partial charge in [0.15, 0.2) is 0 Å². The highest BCUT2D eigenvalue weighted by Gasteiger charge is 2.05. The van der Waals surface area contributed by atoms with Crippen LogP contribution in [-0.4, -0.2) is 0 Å². The van der Waals surface area contributed by atoms with Gasteiger partial charge < -0.3 is 0 Å². The number of aryl methyl sites for hydroxylation is 1. The number of rotatable bonds is 0. The van der Waals surface area contributed by atoms with E-state index in [1.165, 1.54) is 41.5 Å². The molecular formula is C14H25BrS. The van der Waals surface area contributed by atoms with E-state index in [9.17, 15) is 0 Å². The summed E-state index contributed by atoms with van der Waals surface area (Å²) in [7, 11) is 0. The molecule has 0 unspecified atom stereocenters. The van der Waals surface area contributed by atoms with Crippen molar-refractivity contribution in [3.8, 4) is 0 Å². The molecule has 0 saturated heterocycles. The molecule has 0 amide bonds. The average molecular weight is 305 g/mol. The maximum atomic E-state index is 3.38. The summed E-state index contributed by atoms with van der Waals surface area (Å²) in [6, 6.07) is 2.09. The molecule has 0 spiro atoms. The minimum Gasteiger partial charge on any atom is -0.137 e. The van der Waals surface area contributed by atoms with Crippen molar-refractivity contribution in [1.29, 1.82) is 0 Å². The molecule has 1 aromatic rings. The standard InChI is InChI=1S/C7H14.C5H5BrS.C2H6/c1-7-5-3-2-4-6-7;1-4-2-3-7-5(4)6;1-2/h7H,2-6H2,1H3;2-3H,1H3;1-2H3. The molecule has 1 saturated carbocycles. The molecular weight excluding hydrogens is 280 g/mol. The summed E-state index contributed by atoms with van der Waals surface area (Å²) in [5.41, 5.74) is 1.32. The van der Waals surface area contributed by atoms with Crippen LogP contribution < -0.4 is 0 Å². The predicted molar refractivity (Wildman–Crippen MR) is 80.4 cm³/mol. The van der Waals surface area contributed by atoms with Crippen molar-refractivity contribution in [3.63, 3.8) is 0 Å². The number of hydrogen-bond acceptors (Lipinski definition) is 1. The highest BCUT2D eigenvalue weighted by atomic mass is 79.9. The van der Waals surface area contributed by atoms with Crippen LogP contribution in [0.25, 0.3) is 0 Å². The Morgan fingerprint density at radius 3 is 1.94 bits per heavy atom. The van der Waals surface area contributed by atoms with Gasteiger partial charge in [-0.1, -0.05) is 52.9 Å². The lowest BCUT2D eigenvalue weighted by Crippen LogP contribution is -1.99. The summed E-state index contributed by atoms with van der Waals surface area (Å²) < 4.78 is 1.24. The molecule has 1 aliphatic rings. The number of thiophene rings is 1. The van der Waals surface area contributed by atoms with Gasteiger partial charge in [0.05, 0.1) is 3.79 Å². The lowest BCUT2D eigenvalue weighted by Gasteiger charge is -2.15. The maximum absolute atomic E-state index is 3.38. The summed E-state index contributed by atoms with van der Waals surface area (Å²) in [5.74, 6) is 1.04. The van der Waals surface area contributed by atoms with Gasteiger partial charge >= 0.3 is 0 Å². The molecule has 0 aliphatic heterocycles. The van der Waals surface area contributed by atoms with Crippen LogP contribution in [0.4, 0.5) is 0 Å². The maximum Gasteiger partial charge on any atom is 0.0727 e. The van der Waals surface area contributed by atoms with E-state index >= 15 is 0 Å². The lowest BCUT2D eigenvalue weighted by molar-refractivity contribution is 0.385. The third kappa shape index (κ3) is 7.45. The molecule has 0 aromatic carbocycles. The van der Waals surface area contributed by atoms with E-state index in [0.717, 1.165) is 5.92 Å². The third-order valence-electron chi connectivity index (χ3n) is 2.69. The van der Waals surface area contributed by atoms with Gasteiger partial charge in [-0.25, -0.2) is 0 Å². The van der Waals surface area contributed by atoms with Crippen molar-refractivity contribution in [2.24, 2.45) is 5.92 Å². The van der Waals surface area contributed by atoms with E-state index in [4.69, 9.17) is 0 Å². The van der Waals surface area contributed by atoms with E-state index in [-0.39, 0.29) is 0 Å². The Hall–Kier alpha value is 0.180. The number of halogens is 1. The Bertz CT molecular complexity index is 232. The van der Waals surface area contributed by atoms with E-state index in [1.54, 1.807) is 11.3 Å². The van der Waals surface area contributed by atoms with Crippen molar-refractivity contribution in [1.82, 2.24) is 0 Å². The Labute approximate surface area is 114 Å². The SMILES string of the molecule is CC.CC1CCCCC1.Cc1ccsc1Br. The van der Waals surface area contributed by atoms with Crippen LogP contribution in [0.15, 0.2) is 15.2 Å². The molecule has 2 heteroatoms. The molecule has 1 fully saturated rings. The van der Waals surface area contributed by atoms with E-state index in [0.29, 0.717) is 0 Å². The first-order valence-corrected chi connectivity index (χ1v) is 8.07. The van der Waals surface area contributed by atoms with Gasteiger partial charge in [0.1, 0.15) is 0 Å². The topological polar surface area (TPSA) is 0 Å². The van der Waals surface area contributed by atoms with Gasteiger partial charge in [0.25, 0.3) is 0 Å². The Balaban J connectivity index is 0.000000244. The predicted octanol–water partition coefficient (Wildman–Crippen LogP) is 6.43. The van der Waals surface area contributed by atoms with Crippen molar-refractivity contribution >= 4 is 27.3 Å². The first-order valence-electron chi connectivity index (χ1n) is 6.39. The fourth-order valence-electron chi connectivity index (χ4n) is 1.66. The Morgan fingerprint density at radius 1 is 1.19 bits per heavy atom. The molecule has 2 rings (SSSR count). The van der Waals surface area contributed by atoms with Gasteiger partial charge in [-0.15, -0.1) is 11.3 Å². The van der Waals surface area contributed by atoms with Gasteiger partial charge in [0.2, 0.25) is 0 Å². The second-order valence-corrected chi connectivity index (χ2v) is 6.35. The average Bonchev–Trinajstić information content (AvgIpc) is 2.68. The molecule has 94 valence electrons. The Morgan fingerprint density at radius 2 is 1.75 bits per heavy atom. The summed E-state index contributed by atoms with van der Waals surface area (Å²) >= 11 is 5.10. The van der Waals surface area contributed by atoms with Gasteiger partial charge in [0, 0.05) is 0 Å². The highest BCUT2D eigenvalue weighted by molar-refractivity contribution is 9.11. The summed E-state index contributed by atoms with van der Waals surface area (Å²) in [4.78, 5) is 0. The first kappa shape index (κ1) is 16.2. The lowest BCUT2D eigenvalue weighted by atomic mass is 9.91. The molecule has 0 nitrogen and oxygen atoms in total. The smallest absolute Gasteiger partial charge is 0.0727 e. The summed E-state index contributed by atoms with van der Waals surface area (Å²) in [6.07, 6.45) is 7.44. The van der Waals surface area contributed by atoms with E-state index in [1.807, 2.05) is 13.8 Å². The van der Waals surface area contributed by atoms with Gasteiger partial charge in [-0.05, 0) is 45.8 Å². The third-order valence-corrected chi connectivity index (χ3v) is 4.68. The zero-order chi connectivity index (χ0) is 12.4. The van der Waals surface area contributed by atoms with Gasteiger partial charge in [-0.3, -0.25) is 0 Å². The van der Waals surface area contributed by atoms with Crippen molar-refractivity contribution in [2.45, 2.75) is 59.8 Å². The summed E-state index contributed by atoms with van der Waals surface area (Å²) in [6.45, 7) is 8.44. The molecule has 1 aliphatic carbocycles. The molecule has 0 radical (unpaired) electrons. The second-order valence-electron chi connectivity index (χ2n) is 4.12. The molecule has 0 atom stereocenters. The molecule has 0 N–H and O–H groups in total. The molecule has 16 heavy (non-hydrogen) atoms. The van der Waals surface area contributed by atoms with Crippen LogP contribution in [-0.2, 0) is 0 Å². The fraction of sp³-hybridized carbons (Fsp3) is 0.714. The zero-order valence-electron chi connectivity index (χ0n) is 11.1. The number of hydrogen-bond donors (Lipinski definition) is 0. The van der Waals surface area contributed by atoms with Crippen LogP contribution in [0.2, 0.25) is 0 Å². The minimum absolute atomic E-state index is 1.04. The minimum atomic E-state index is 1.04. The normalized spacial score (nSPS) is 15.6. The van der Waals surface area contributed by atoms with Crippen molar-refractivity contribution in [2.75, 3.05) is 0 Å². The largest absolute Gasteiger partial charge is 0.137 e. The quantitative estimate of drug-likeness (QED) is 0.518. The fourth-order valence-corrected chi connectivity index (χ4v) is 2.76. The van der Waals surface area contributed by atoms with Crippen LogP contribution in [0, 0.1) is 12.8 Å². The first-order chi connectivity index (χ1) is 7.70. The van der Waals surface area contributed by atoms with Crippen LogP contribution in [0.5, 0.6) is 0 Å². The van der Waals surface area contributed by atoms with Crippen molar-refractivity contribution < 1.29 is 0 Å². The summed E-state index contributed by atoms with van der Waals surface area (Å²) in [5, 5.41) is 2.07. The van der Waals surface area contributed by atoms with Crippen LogP contribution >= 0.6 is 27.3 Å². The van der Waals surface area contributed by atoms with Gasteiger partial charge in [-0.2, -0.15) is 0 Å². The molecule has 1 heterocycles. The molecule has 0 bridgehead atoms. The monoisotopic (exact) mass is 304 g/mol. The zero-order valence-corrected chi connectivity index (χ0v) is 13.5. The van der Waals surface area contributed by atoms with E-state index in [2.05, 4.69) is 41.2 Å². The Kier molecular flexibility index (Phi) is 10.5. The second kappa shape index (κ2) is 10.3. The van der Waals surface area contributed by atoms with Crippen LogP contribution in [0.1, 0.15) is 58.4 Å². The molecule has 1 aromatic heterocycles. The van der Waals surface area contributed by atoms with Crippen LogP contribution in [0.3, 0.4) is 0 Å². The van der Waals surface area contributed by atoms with Crippen molar-refractivity contribution in [3.05, 3.63) is 20.8 Å². The van der Waals surface area contributed by atoms with E-state index < -0.39 is 0 Å². The highest BCUT2D eigenvalue weighted by Crippen LogP contribution is 2.22.